The van der Waals surface area contributed by atoms with Crippen molar-refractivity contribution >= 4 is 17.3 Å². The van der Waals surface area contributed by atoms with Gasteiger partial charge in [-0.1, -0.05) is 0 Å². The fourth-order valence-corrected chi connectivity index (χ4v) is 2.01. The van der Waals surface area contributed by atoms with Crippen molar-refractivity contribution in [1.82, 2.24) is 9.88 Å². The molecule has 1 aromatic heterocycles. The number of amides is 1. The Hall–Kier alpha value is -2.56. The number of nitrogens with one attached hydrogen (secondary N) is 1. The van der Waals surface area contributed by atoms with E-state index in [0.717, 1.165) is 16.8 Å². The molecule has 1 heterocycles. The molecule has 0 aliphatic heterocycles. The van der Waals surface area contributed by atoms with E-state index in [9.17, 15) is 4.79 Å². The second kappa shape index (κ2) is 6.26. The minimum absolute atomic E-state index is 0.0552. The Morgan fingerprint density at radius 1 is 1.33 bits per heavy atom. The van der Waals surface area contributed by atoms with Gasteiger partial charge in [0.05, 0.1) is 5.56 Å². The van der Waals surface area contributed by atoms with Crippen LogP contribution in [0.3, 0.4) is 0 Å². The lowest BCUT2D eigenvalue weighted by molar-refractivity contribution is 0.0828. The SMILES string of the molecule is Cc1ccncc1CNc1cc(N)ccc1C(=O)N(C)C. The van der Waals surface area contributed by atoms with Gasteiger partial charge in [0.2, 0.25) is 0 Å². The molecule has 0 bridgehead atoms. The van der Waals surface area contributed by atoms with Gasteiger partial charge in [0.25, 0.3) is 5.91 Å². The van der Waals surface area contributed by atoms with Crippen molar-refractivity contribution in [3.63, 3.8) is 0 Å². The van der Waals surface area contributed by atoms with Crippen molar-refractivity contribution in [2.24, 2.45) is 0 Å². The Balaban J connectivity index is 2.25. The van der Waals surface area contributed by atoms with Crippen molar-refractivity contribution < 1.29 is 4.79 Å². The predicted molar refractivity (Wildman–Crippen MR) is 85.2 cm³/mol. The van der Waals surface area contributed by atoms with Crippen LogP contribution >= 0.6 is 0 Å². The van der Waals surface area contributed by atoms with Gasteiger partial charge in [0.15, 0.2) is 0 Å². The highest BCUT2D eigenvalue weighted by atomic mass is 16.2. The lowest BCUT2D eigenvalue weighted by Crippen LogP contribution is -2.23. The number of aryl methyl sites for hydroxylation is 1. The van der Waals surface area contributed by atoms with Crippen LogP contribution in [0.1, 0.15) is 21.5 Å². The third kappa shape index (κ3) is 3.51. The number of nitrogen functional groups attached to an aromatic ring is 1. The summed E-state index contributed by atoms with van der Waals surface area (Å²) in [4.78, 5) is 17.9. The van der Waals surface area contributed by atoms with Gasteiger partial charge in [-0.05, 0) is 42.3 Å². The quantitative estimate of drug-likeness (QED) is 0.845. The summed E-state index contributed by atoms with van der Waals surface area (Å²) in [5.41, 5.74) is 10.0. The van der Waals surface area contributed by atoms with Crippen molar-refractivity contribution in [3.05, 3.63) is 53.3 Å². The highest BCUT2D eigenvalue weighted by Crippen LogP contribution is 2.21. The maximum absolute atomic E-state index is 12.2. The van der Waals surface area contributed by atoms with E-state index in [-0.39, 0.29) is 5.91 Å². The molecule has 0 atom stereocenters. The average Bonchev–Trinajstić information content (AvgIpc) is 2.46. The minimum Gasteiger partial charge on any atom is -0.399 e. The normalized spacial score (nSPS) is 10.2. The summed E-state index contributed by atoms with van der Waals surface area (Å²) in [5.74, 6) is -0.0552. The number of nitrogens with zero attached hydrogens (tertiary/aromatic N) is 2. The number of carbonyl (C=O) groups excluding carboxylic acids is 1. The second-order valence-electron chi connectivity index (χ2n) is 5.16. The molecule has 2 aromatic rings. The number of rotatable bonds is 4. The third-order valence-electron chi connectivity index (χ3n) is 3.30. The zero-order valence-corrected chi connectivity index (χ0v) is 12.6. The van der Waals surface area contributed by atoms with Crippen LogP contribution in [0.15, 0.2) is 36.7 Å². The summed E-state index contributed by atoms with van der Waals surface area (Å²) in [6.07, 6.45) is 3.59. The second-order valence-corrected chi connectivity index (χ2v) is 5.16. The Morgan fingerprint density at radius 3 is 2.76 bits per heavy atom. The van der Waals surface area contributed by atoms with Gasteiger partial charge < -0.3 is 16.0 Å². The zero-order valence-electron chi connectivity index (χ0n) is 12.6. The third-order valence-corrected chi connectivity index (χ3v) is 3.30. The van der Waals surface area contributed by atoms with Crippen LogP contribution in [0.4, 0.5) is 11.4 Å². The summed E-state index contributed by atoms with van der Waals surface area (Å²) in [6.45, 7) is 2.63. The summed E-state index contributed by atoms with van der Waals surface area (Å²) in [6, 6.07) is 7.22. The van der Waals surface area contributed by atoms with E-state index in [1.807, 2.05) is 19.2 Å². The standard InChI is InChI=1S/C16H20N4O/c1-11-6-7-18-9-12(11)10-19-15-8-13(17)4-5-14(15)16(21)20(2)3/h4-9,19H,10,17H2,1-3H3. The highest BCUT2D eigenvalue weighted by Gasteiger charge is 2.13. The first-order chi connectivity index (χ1) is 9.99. The Bertz CT molecular complexity index is 652. The van der Waals surface area contributed by atoms with E-state index < -0.39 is 0 Å². The molecule has 5 nitrogen and oxygen atoms in total. The molecule has 0 saturated carbocycles. The summed E-state index contributed by atoms with van der Waals surface area (Å²) >= 11 is 0. The van der Waals surface area contributed by atoms with Crippen LogP contribution < -0.4 is 11.1 Å². The van der Waals surface area contributed by atoms with Crippen molar-refractivity contribution in [2.75, 3.05) is 25.1 Å². The van der Waals surface area contributed by atoms with Crippen LogP contribution in [0.2, 0.25) is 0 Å². The van der Waals surface area contributed by atoms with Crippen LogP contribution in [-0.4, -0.2) is 29.9 Å². The van der Waals surface area contributed by atoms with Gasteiger partial charge in [0.1, 0.15) is 0 Å². The molecule has 5 heteroatoms. The molecule has 0 radical (unpaired) electrons. The number of pyridine rings is 1. The van der Waals surface area contributed by atoms with Gasteiger partial charge in [-0.15, -0.1) is 0 Å². The molecule has 0 aliphatic rings. The summed E-state index contributed by atoms with van der Waals surface area (Å²) in [7, 11) is 3.46. The zero-order chi connectivity index (χ0) is 15.4. The van der Waals surface area contributed by atoms with Crippen molar-refractivity contribution in [1.29, 1.82) is 0 Å². The maximum atomic E-state index is 12.2. The van der Waals surface area contributed by atoms with Crippen molar-refractivity contribution in [3.8, 4) is 0 Å². The summed E-state index contributed by atoms with van der Waals surface area (Å²) in [5, 5.41) is 3.28. The molecule has 2 rings (SSSR count). The molecule has 0 fully saturated rings. The molecule has 1 aromatic carbocycles. The number of anilines is 2. The highest BCUT2D eigenvalue weighted by molar-refractivity contribution is 6.00. The molecule has 0 unspecified atom stereocenters. The molecule has 3 N–H and O–H groups in total. The van der Waals surface area contributed by atoms with E-state index in [0.29, 0.717) is 17.8 Å². The van der Waals surface area contributed by atoms with Crippen LogP contribution in [0.25, 0.3) is 0 Å². The average molecular weight is 284 g/mol. The molecule has 0 aliphatic carbocycles. The smallest absolute Gasteiger partial charge is 0.255 e. The van der Waals surface area contributed by atoms with Gasteiger partial charge in [-0.25, -0.2) is 0 Å². The first-order valence-corrected chi connectivity index (χ1v) is 6.73. The first-order valence-electron chi connectivity index (χ1n) is 6.73. The summed E-state index contributed by atoms with van der Waals surface area (Å²) < 4.78 is 0. The van der Waals surface area contributed by atoms with Crippen LogP contribution in [-0.2, 0) is 6.54 Å². The molecule has 1 amide bonds. The number of nitrogens with two attached hydrogens (primary N) is 1. The van der Waals surface area contributed by atoms with Gasteiger partial charge in [-0.3, -0.25) is 9.78 Å². The largest absolute Gasteiger partial charge is 0.399 e. The van der Waals surface area contributed by atoms with Crippen LogP contribution in [0.5, 0.6) is 0 Å². The molecule has 0 saturated heterocycles. The number of hydrogen-bond acceptors (Lipinski definition) is 4. The van der Waals surface area contributed by atoms with Gasteiger partial charge in [-0.2, -0.15) is 0 Å². The molecular weight excluding hydrogens is 264 g/mol. The molecule has 110 valence electrons. The Kier molecular flexibility index (Phi) is 4.42. The lowest BCUT2D eigenvalue weighted by atomic mass is 10.1. The number of carbonyl (C=O) groups is 1. The Labute approximate surface area is 124 Å². The van der Waals surface area contributed by atoms with E-state index in [1.54, 1.807) is 43.4 Å². The Morgan fingerprint density at radius 2 is 2.10 bits per heavy atom. The van der Waals surface area contributed by atoms with E-state index in [2.05, 4.69) is 10.3 Å². The lowest BCUT2D eigenvalue weighted by Gasteiger charge is -2.16. The van der Waals surface area contributed by atoms with E-state index in [1.165, 1.54) is 0 Å². The van der Waals surface area contributed by atoms with Crippen LogP contribution in [0, 0.1) is 6.92 Å². The molecular formula is C16H20N4O. The first kappa shape index (κ1) is 14.8. The molecule has 21 heavy (non-hydrogen) atoms. The maximum Gasteiger partial charge on any atom is 0.255 e. The number of hydrogen-bond donors (Lipinski definition) is 2. The topological polar surface area (TPSA) is 71.2 Å². The molecule has 0 spiro atoms. The van der Waals surface area contributed by atoms with E-state index in [4.69, 9.17) is 5.73 Å². The minimum atomic E-state index is -0.0552. The monoisotopic (exact) mass is 284 g/mol. The fourth-order valence-electron chi connectivity index (χ4n) is 2.01. The fraction of sp³-hybridized carbons (Fsp3) is 0.250. The van der Waals surface area contributed by atoms with Crippen molar-refractivity contribution in [2.45, 2.75) is 13.5 Å². The number of benzene rings is 1. The van der Waals surface area contributed by atoms with E-state index >= 15 is 0 Å². The number of aromatic nitrogens is 1. The van der Waals surface area contributed by atoms with Gasteiger partial charge in [0, 0.05) is 44.4 Å². The van der Waals surface area contributed by atoms with Gasteiger partial charge >= 0.3 is 0 Å². The predicted octanol–water partition coefficient (Wildman–Crippen LogP) is 2.29.